The lowest BCUT2D eigenvalue weighted by molar-refractivity contribution is -0.135. The van der Waals surface area contributed by atoms with Crippen LogP contribution in [0.15, 0.2) is 53.4 Å². The second-order valence-corrected chi connectivity index (χ2v) is 6.21. The van der Waals surface area contributed by atoms with E-state index in [1.54, 1.807) is 41.0 Å². The summed E-state index contributed by atoms with van der Waals surface area (Å²) in [7, 11) is 0. The molecule has 0 radical (unpaired) electrons. The fraction of sp³-hybridized carbons (Fsp3) is 0.0588. The number of carboxylic acids is 1. The van der Waals surface area contributed by atoms with Crippen molar-refractivity contribution in [2.45, 2.75) is 11.3 Å². The lowest BCUT2D eigenvalue weighted by atomic mass is 10.2. The Morgan fingerprint density at radius 1 is 1.20 bits per heavy atom. The van der Waals surface area contributed by atoms with Crippen molar-refractivity contribution >= 4 is 35.7 Å². The van der Waals surface area contributed by atoms with Gasteiger partial charge in [0.1, 0.15) is 5.82 Å². The fourth-order valence-electron chi connectivity index (χ4n) is 2.34. The van der Waals surface area contributed by atoms with Crippen LogP contribution in [-0.2, 0) is 4.79 Å². The molecule has 0 atom stereocenters. The van der Waals surface area contributed by atoms with Crippen LogP contribution in [0.3, 0.4) is 0 Å². The quantitative estimate of drug-likeness (QED) is 0.407. The van der Waals surface area contributed by atoms with E-state index in [-0.39, 0.29) is 17.1 Å². The van der Waals surface area contributed by atoms with E-state index in [2.05, 4.69) is 22.8 Å². The summed E-state index contributed by atoms with van der Waals surface area (Å²) in [6.07, 6.45) is -0.363. The lowest BCUT2D eigenvalue weighted by Gasteiger charge is -2.11. The minimum absolute atomic E-state index is 0.112. The summed E-state index contributed by atoms with van der Waals surface area (Å²) in [4.78, 5) is 11.9. The number of aromatic nitrogens is 3. The number of aliphatic carboxylic acids is 1. The number of thiocarbonyl (C=S) groups is 1. The van der Waals surface area contributed by atoms with Gasteiger partial charge >= 0.3 is 5.97 Å². The van der Waals surface area contributed by atoms with Gasteiger partial charge in [0, 0.05) is 10.5 Å². The van der Waals surface area contributed by atoms with Crippen molar-refractivity contribution in [3.63, 3.8) is 0 Å². The molecule has 5 nitrogen and oxygen atoms in total. The van der Waals surface area contributed by atoms with Crippen molar-refractivity contribution in [1.82, 2.24) is 14.8 Å². The van der Waals surface area contributed by atoms with Crippen LogP contribution in [0, 0.1) is 5.82 Å². The summed E-state index contributed by atoms with van der Waals surface area (Å²) >= 11 is 9.44. The molecule has 8 heteroatoms. The number of thiol groups is 1. The van der Waals surface area contributed by atoms with Crippen LogP contribution >= 0.6 is 24.8 Å². The molecule has 0 fully saturated rings. The number of hydrogen-bond acceptors (Lipinski definition) is 5. The first-order valence-corrected chi connectivity index (χ1v) is 8.07. The Kier molecular flexibility index (Phi) is 4.91. The molecule has 1 N–H and O–H groups in total. The van der Waals surface area contributed by atoms with Crippen molar-refractivity contribution in [2.24, 2.45) is 0 Å². The Labute approximate surface area is 153 Å². The Morgan fingerprint density at radius 2 is 1.92 bits per heavy atom. The summed E-state index contributed by atoms with van der Waals surface area (Å²) in [6.45, 7) is 0. The van der Waals surface area contributed by atoms with E-state index in [1.807, 2.05) is 0 Å². The zero-order chi connectivity index (χ0) is 18.0. The highest BCUT2D eigenvalue weighted by Gasteiger charge is 2.20. The SMILES string of the molecule is O=C(O)CC(=S)c1nnc(-c2ccc(S)cc2)n1-c1cccc(F)c1. The van der Waals surface area contributed by atoms with Gasteiger partial charge in [-0.2, -0.15) is 0 Å². The molecule has 0 saturated heterocycles. The molecule has 0 aliphatic heterocycles. The van der Waals surface area contributed by atoms with Crippen LogP contribution in [0.1, 0.15) is 12.2 Å². The van der Waals surface area contributed by atoms with Gasteiger partial charge in [0.25, 0.3) is 0 Å². The zero-order valence-electron chi connectivity index (χ0n) is 12.8. The van der Waals surface area contributed by atoms with Gasteiger partial charge in [-0.05, 0) is 30.3 Å². The van der Waals surface area contributed by atoms with Crippen molar-refractivity contribution in [2.75, 3.05) is 0 Å². The van der Waals surface area contributed by atoms with Crippen molar-refractivity contribution in [3.8, 4) is 17.1 Å². The van der Waals surface area contributed by atoms with Crippen LogP contribution in [0.25, 0.3) is 17.1 Å². The Balaban J connectivity index is 2.19. The first-order chi connectivity index (χ1) is 12.0. The first-order valence-electron chi connectivity index (χ1n) is 7.21. The van der Waals surface area contributed by atoms with E-state index < -0.39 is 11.8 Å². The molecular weight excluding hydrogens is 361 g/mol. The van der Waals surface area contributed by atoms with Gasteiger partial charge in [-0.1, -0.05) is 30.4 Å². The highest BCUT2D eigenvalue weighted by atomic mass is 32.1. The molecule has 0 bridgehead atoms. The predicted octanol–water partition coefficient (Wildman–Crippen LogP) is 3.55. The average molecular weight is 373 g/mol. The number of nitrogens with zero attached hydrogens (tertiary/aromatic N) is 3. The van der Waals surface area contributed by atoms with Gasteiger partial charge < -0.3 is 5.11 Å². The Bertz CT molecular complexity index is 955. The van der Waals surface area contributed by atoms with Crippen LogP contribution in [-0.4, -0.2) is 30.7 Å². The van der Waals surface area contributed by atoms with Gasteiger partial charge in [-0.15, -0.1) is 22.8 Å². The second-order valence-electron chi connectivity index (χ2n) is 5.20. The van der Waals surface area contributed by atoms with Crippen LogP contribution in [0.5, 0.6) is 0 Å². The number of benzene rings is 2. The summed E-state index contributed by atoms with van der Waals surface area (Å²) in [5.41, 5.74) is 1.18. The number of halogens is 1. The third-order valence-electron chi connectivity index (χ3n) is 3.42. The van der Waals surface area contributed by atoms with E-state index in [0.29, 0.717) is 11.5 Å². The highest BCUT2D eigenvalue weighted by Crippen LogP contribution is 2.25. The highest BCUT2D eigenvalue weighted by molar-refractivity contribution is 7.81. The fourth-order valence-corrected chi connectivity index (χ4v) is 2.74. The molecule has 0 aliphatic rings. The van der Waals surface area contributed by atoms with Crippen LogP contribution < -0.4 is 0 Å². The minimum Gasteiger partial charge on any atom is -0.481 e. The smallest absolute Gasteiger partial charge is 0.308 e. The maximum Gasteiger partial charge on any atom is 0.308 e. The Hall–Kier alpha value is -2.58. The molecule has 126 valence electrons. The van der Waals surface area contributed by atoms with E-state index in [4.69, 9.17) is 17.3 Å². The Morgan fingerprint density at radius 3 is 2.56 bits per heavy atom. The number of carboxylic acid groups (broad SMARTS) is 1. The predicted molar refractivity (Wildman–Crippen MR) is 98.0 cm³/mol. The van der Waals surface area contributed by atoms with Gasteiger partial charge in [0.05, 0.1) is 17.0 Å². The third-order valence-corrected chi connectivity index (χ3v) is 4.04. The number of rotatable bonds is 5. The maximum absolute atomic E-state index is 13.7. The monoisotopic (exact) mass is 373 g/mol. The van der Waals surface area contributed by atoms with E-state index in [9.17, 15) is 9.18 Å². The van der Waals surface area contributed by atoms with Crippen molar-refractivity contribution in [1.29, 1.82) is 0 Å². The van der Waals surface area contributed by atoms with Gasteiger partial charge in [-0.25, -0.2) is 4.39 Å². The molecule has 3 aromatic rings. The van der Waals surface area contributed by atoms with Crippen LogP contribution in [0.4, 0.5) is 4.39 Å². The van der Waals surface area contributed by atoms with Gasteiger partial charge in [0.15, 0.2) is 11.6 Å². The van der Waals surface area contributed by atoms with Gasteiger partial charge in [0.2, 0.25) is 0 Å². The summed E-state index contributed by atoms with van der Waals surface area (Å²) in [5.74, 6) is -0.868. The molecule has 2 aromatic carbocycles. The van der Waals surface area contributed by atoms with E-state index in [0.717, 1.165) is 10.5 Å². The van der Waals surface area contributed by atoms with Crippen LogP contribution in [0.2, 0.25) is 0 Å². The largest absolute Gasteiger partial charge is 0.481 e. The van der Waals surface area contributed by atoms with Crippen molar-refractivity contribution in [3.05, 3.63) is 60.2 Å². The third kappa shape index (κ3) is 3.75. The second kappa shape index (κ2) is 7.12. The maximum atomic E-state index is 13.7. The molecule has 0 amide bonds. The average Bonchev–Trinajstić information content (AvgIpc) is 3.00. The van der Waals surface area contributed by atoms with Crippen molar-refractivity contribution < 1.29 is 14.3 Å². The number of hydrogen-bond donors (Lipinski definition) is 2. The molecule has 25 heavy (non-hydrogen) atoms. The zero-order valence-corrected chi connectivity index (χ0v) is 14.5. The topological polar surface area (TPSA) is 68.0 Å². The summed E-state index contributed by atoms with van der Waals surface area (Å²) < 4.78 is 15.3. The molecule has 0 saturated carbocycles. The van der Waals surface area contributed by atoms with Gasteiger partial charge in [-0.3, -0.25) is 9.36 Å². The molecule has 1 aromatic heterocycles. The molecule has 0 aliphatic carbocycles. The molecule has 0 unspecified atom stereocenters. The molecular formula is C17H12FN3O2S2. The summed E-state index contributed by atoms with van der Waals surface area (Å²) in [6, 6.07) is 13.0. The molecule has 1 heterocycles. The minimum atomic E-state index is -1.07. The molecule has 0 spiro atoms. The summed E-state index contributed by atoms with van der Waals surface area (Å²) in [5, 5.41) is 17.2. The normalized spacial score (nSPS) is 10.6. The first kappa shape index (κ1) is 17.2. The standard InChI is InChI=1S/C17H12FN3O2S2/c18-11-2-1-3-12(8-11)21-16(10-4-6-13(24)7-5-10)19-20-17(21)14(25)9-15(22)23/h1-8,24H,9H2,(H,22,23). The number of carbonyl (C=O) groups is 1. The van der Waals surface area contributed by atoms with E-state index in [1.165, 1.54) is 12.1 Å². The molecule has 3 rings (SSSR count). The lowest BCUT2D eigenvalue weighted by Crippen LogP contribution is -2.13. The van der Waals surface area contributed by atoms with E-state index >= 15 is 0 Å².